The minimum Gasteiger partial charge on any atom is -0.300 e. The highest BCUT2D eigenvalue weighted by Gasteiger charge is 2.40. The van der Waals surface area contributed by atoms with Gasteiger partial charge >= 0.3 is 0 Å². The summed E-state index contributed by atoms with van der Waals surface area (Å²) in [5.41, 5.74) is 0. The summed E-state index contributed by atoms with van der Waals surface area (Å²) >= 11 is 0. The molecule has 78 valence electrons. The molecule has 3 aliphatic rings. The van der Waals surface area contributed by atoms with Crippen LogP contribution in [0.15, 0.2) is 0 Å². The summed E-state index contributed by atoms with van der Waals surface area (Å²) in [5, 5.41) is 0. The highest BCUT2D eigenvalue weighted by Crippen LogP contribution is 2.50. The number of carbonyl (C=O) groups is 1. The fourth-order valence-corrected chi connectivity index (χ4v) is 3.65. The van der Waals surface area contributed by atoms with E-state index in [0.717, 1.165) is 36.5 Å². The summed E-state index contributed by atoms with van der Waals surface area (Å²) in [6.07, 6.45) is 10.2. The zero-order valence-corrected chi connectivity index (χ0v) is 8.87. The molecule has 0 aromatic carbocycles. The molecular formula is C13H20O. The van der Waals surface area contributed by atoms with Gasteiger partial charge in [0.15, 0.2) is 0 Å². The molecule has 0 aromatic rings. The van der Waals surface area contributed by atoms with Crippen molar-refractivity contribution in [1.82, 2.24) is 0 Å². The molecule has 0 heterocycles. The predicted octanol–water partition coefficient (Wildman–Crippen LogP) is 3.18. The first-order valence-electron chi connectivity index (χ1n) is 6.33. The summed E-state index contributed by atoms with van der Waals surface area (Å²) in [7, 11) is 0. The van der Waals surface area contributed by atoms with E-state index in [1.54, 1.807) is 0 Å². The highest BCUT2D eigenvalue weighted by atomic mass is 16.1. The molecule has 3 unspecified atom stereocenters. The summed E-state index contributed by atoms with van der Waals surface area (Å²) in [4.78, 5) is 11.7. The molecule has 14 heavy (non-hydrogen) atoms. The molecule has 3 fully saturated rings. The van der Waals surface area contributed by atoms with E-state index < -0.39 is 0 Å². The molecule has 0 amide bonds. The van der Waals surface area contributed by atoms with Gasteiger partial charge in [-0.1, -0.05) is 6.42 Å². The lowest BCUT2D eigenvalue weighted by Crippen LogP contribution is -2.15. The number of rotatable bonds is 4. The Bertz CT molecular complexity index is 242. The molecule has 3 aliphatic carbocycles. The standard InChI is InChI=1S/C13H20O/c14-13(7-9-1-2-9)8-12-6-10-3-4-11(12)5-10/h9-12H,1-8H2. The van der Waals surface area contributed by atoms with Crippen molar-refractivity contribution < 1.29 is 4.79 Å². The second kappa shape index (κ2) is 3.36. The van der Waals surface area contributed by atoms with E-state index in [0.29, 0.717) is 5.78 Å². The monoisotopic (exact) mass is 192 g/mol. The maximum Gasteiger partial charge on any atom is 0.133 e. The van der Waals surface area contributed by atoms with Crippen molar-refractivity contribution in [1.29, 1.82) is 0 Å². The fraction of sp³-hybridized carbons (Fsp3) is 0.923. The van der Waals surface area contributed by atoms with Crippen molar-refractivity contribution in [3.05, 3.63) is 0 Å². The average molecular weight is 192 g/mol. The van der Waals surface area contributed by atoms with Crippen LogP contribution in [0.4, 0.5) is 0 Å². The van der Waals surface area contributed by atoms with Crippen molar-refractivity contribution in [3.8, 4) is 0 Å². The van der Waals surface area contributed by atoms with Crippen molar-refractivity contribution in [2.24, 2.45) is 23.7 Å². The van der Waals surface area contributed by atoms with Crippen LogP contribution in [0.5, 0.6) is 0 Å². The van der Waals surface area contributed by atoms with Gasteiger partial charge in [0.2, 0.25) is 0 Å². The van der Waals surface area contributed by atoms with Gasteiger partial charge in [-0.05, 0) is 55.8 Å². The first-order chi connectivity index (χ1) is 6.81. The first kappa shape index (κ1) is 8.94. The van der Waals surface area contributed by atoms with Crippen LogP contribution in [-0.2, 0) is 4.79 Å². The van der Waals surface area contributed by atoms with E-state index in [9.17, 15) is 4.79 Å². The normalized spacial score (nSPS) is 40.4. The van der Waals surface area contributed by atoms with Gasteiger partial charge in [0.1, 0.15) is 5.78 Å². The van der Waals surface area contributed by atoms with Crippen molar-refractivity contribution in [2.75, 3.05) is 0 Å². The largest absolute Gasteiger partial charge is 0.300 e. The van der Waals surface area contributed by atoms with E-state index in [4.69, 9.17) is 0 Å². The quantitative estimate of drug-likeness (QED) is 0.668. The van der Waals surface area contributed by atoms with Crippen molar-refractivity contribution in [2.45, 2.75) is 51.4 Å². The van der Waals surface area contributed by atoms with Gasteiger partial charge in [-0.25, -0.2) is 0 Å². The van der Waals surface area contributed by atoms with E-state index in [-0.39, 0.29) is 0 Å². The molecule has 1 heteroatoms. The lowest BCUT2D eigenvalue weighted by Gasteiger charge is -2.20. The lowest BCUT2D eigenvalue weighted by molar-refractivity contribution is -0.120. The molecule has 0 spiro atoms. The Hall–Kier alpha value is -0.330. The molecule has 3 atom stereocenters. The van der Waals surface area contributed by atoms with Crippen LogP contribution < -0.4 is 0 Å². The van der Waals surface area contributed by atoms with Crippen LogP contribution in [-0.4, -0.2) is 5.78 Å². The van der Waals surface area contributed by atoms with Gasteiger partial charge in [-0.2, -0.15) is 0 Å². The fourth-order valence-electron chi connectivity index (χ4n) is 3.65. The van der Waals surface area contributed by atoms with Crippen LogP contribution in [0.2, 0.25) is 0 Å². The Morgan fingerprint density at radius 2 is 1.86 bits per heavy atom. The molecule has 1 nitrogen and oxygen atoms in total. The maximum atomic E-state index is 11.7. The van der Waals surface area contributed by atoms with E-state index in [1.807, 2.05) is 0 Å². The van der Waals surface area contributed by atoms with Gasteiger partial charge in [-0.15, -0.1) is 0 Å². The summed E-state index contributed by atoms with van der Waals surface area (Å²) < 4.78 is 0. The second-order valence-electron chi connectivity index (χ2n) is 5.83. The zero-order valence-electron chi connectivity index (χ0n) is 8.87. The van der Waals surface area contributed by atoms with Gasteiger partial charge in [0, 0.05) is 12.8 Å². The Morgan fingerprint density at radius 3 is 2.43 bits per heavy atom. The summed E-state index contributed by atoms with van der Waals surface area (Å²) in [6, 6.07) is 0. The molecule has 3 saturated carbocycles. The molecule has 0 saturated heterocycles. The van der Waals surface area contributed by atoms with E-state index >= 15 is 0 Å². The Kier molecular flexibility index (Phi) is 2.14. The molecule has 3 rings (SSSR count). The third-order valence-corrected chi connectivity index (χ3v) is 4.59. The number of fused-ring (bicyclic) bond motifs is 2. The van der Waals surface area contributed by atoms with Crippen LogP contribution in [0.1, 0.15) is 51.4 Å². The predicted molar refractivity (Wildman–Crippen MR) is 55.9 cm³/mol. The minimum atomic E-state index is 0.574. The number of carbonyl (C=O) groups excluding carboxylic acids is 1. The average Bonchev–Trinajstić information content (AvgIpc) is 2.74. The Labute approximate surface area is 86.3 Å². The topological polar surface area (TPSA) is 17.1 Å². The molecule has 0 N–H and O–H groups in total. The van der Waals surface area contributed by atoms with Gasteiger partial charge in [0.05, 0.1) is 0 Å². The van der Waals surface area contributed by atoms with Crippen LogP contribution in [0.3, 0.4) is 0 Å². The number of Topliss-reactive ketones (excluding diaryl/α,β-unsaturated/α-hetero) is 1. The Balaban J connectivity index is 1.49. The summed E-state index contributed by atoms with van der Waals surface area (Å²) in [5.74, 6) is 4.09. The molecule has 0 aromatic heterocycles. The minimum absolute atomic E-state index is 0.574. The van der Waals surface area contributed by atoms with Crippen molar-refractivity contribution >= 4 is 5.78 Å². The Morgan fingerprint density at radius 1 is 1.00 bits per heavy atom. The number of hydrogen-bond donors (Lipinski definition) is 0. The number of hydrogen-bond acceptors (Lipinski definition) is 1. The van der Waals surface area contributed by atoms with Crippen LogP contribution >= 0.6 is 0 Å². The van der Waals surface area contributed by atoms with Gasteiger partial charge < -0.3 is 0 Å². The van der Waals surface area contributed by atoms with Gasteiger partial charge in [0.25, 0.3) is 0 Å². The highest BCUT2D eigenvalue weighted by molar-refractivity contribution is 5.79. The van der Waals surface area contributed by atoms with Crippen LogP contribution in [0.25, 0.3) is 0 Å². The molecular weight excluding hydrogens is 172 g/mol. The van der Waals surface area contributed by atoms with E-state index in [2.05, 4.69) is 0 Å². The smallest absolute Gasteiger partial charge is 0.133 e. The third-order valence-electron chi connectivity index (χ3n) is 4.59. The summed E-state index contributed by atoms with van der Waals surface area (Å²) in [6.45, 7) is 0. The SMILES string of the molecule is O=C(CC1CC1)CC1CC2CCC1C2. The molecule has 2 bridgehead atoms. The first-order valence-corrected chi connectivity index (χ1v) is 6.33. The number of ketones is 1. The second-order valence-corrected chi connectivity index (χ2v) is 5.83. The van der Waals surface area contributed by atoms with E-state index in [1.165, 1.54) is 38.5 Å². The van der Waals surface area contributed by atoms with Crippen molar-refractivity contribution in [3.63, 3.8) is 0 Å². The maximum absolute atomic E-state index is 11.7. The lowest BCUT2D eigenvalue weighted by atomic mass is 9.84. The molecule has 0 aliphatic heterocycles. The third kappa shape index (κ3) is 1.74. The molecule has 0 radical (unpaired) electrons. The zero-order chi connectivity index (χ0) is 9.54. The van der Waals surface area contributed by atoms with Gasteiger partial charge in [-0.3, -0.25) is 4.79 Å². The van der Waals surface area contributed by atoms with Crippen LogP contribution in [0, 0.1) is 23.7 Å².